The molecule has 0 aliphatic carbocycles. The third-order valence-corrected chi connectivity index (χ3v) is 2.35. The minimum absolute atomic E-state index is 0.330. The third kappa shape index (κ3) is 3.30. The van der Waals surface area contributed by atoms with Crippen LogP contribution in [0.15, 0.2) is 23.7 Å². The predicted molar refractivity (Wildman–Crippen MR) is 66.4 cm³/mol. The number of ether oxygens (including phenoxy) is 2. The van der Waals surface area contributed by atoms with Gasteiger partial charge in [-0.2, -0.15) is 0 Å². The van der Waals surface area contributed by atoms with Crippen LogP contribution in [-0.2, 0) is 6.54 Å². The lowest BCUT2D eigenvalue weighted by Gasteiger charge is -2.13. The average Bonchev–Trinajstić information content (AvgIpc) is 2.30. The van der Waals surface area contributed by atoms with E-state index in [-0.39, 0.29) is 0 Å². The molecule has 0 atom stereocenters. The van der Waals surface area contributed by atoms with Crippen molar-refractivity contribution >= 4 is 23.2 Å². The summed E-state index contributed by atoms with van der Waals surface area (Å²) >= 11 is 11.3. The van der Waals surface area contributed by atoms with E-state index in [9.17, 15) is 0 Å². The Balaban J connectivity index is 3.01. The van der Waals surface area contributed by atoms with Crippen LogP contribution in [0.25, 0.3) is 0 Å². The highest BCUT2D eigenvalue weighted by atomic mass is 35.5. The molecule has 1 rings (SSSR count). The molecule has 0 radical (unpaired) electrons. The van der Waals surface area contributed by atoms with Crippen LogP contribution in [0.1, 0.15) is 5.56 Å². The van der Waals surface area contributed by atoms with Gasteiger partial charge in [0.25, 0.3) is 0 Å². The van der Waals surface area contributed by atoms with Crippen molar-refractivity contribution in [3.05, 3.63) is 34.3 Å². The zero-order valence-electron chi connectivity index (χ0n) is 8.87. The molecular formula is C11H13Cl2NO2. The van der Waals surface area contributed by atoms with E-state index in [2.05, 4.69) is 0 Å². The van der Waals surface area contributed by atoms with Crippen molar-refractivity contribution in [1.29, 1.82) is 0 Å². The number of halogens is 2. The van der Waals surface area contributed by atoms with Crippen LogP contribution >= 0.6 is 23.2 Å². The summed E-state index contributed by atoms with van der Waals surface area (Å²) in [6, 6.07) is 3.43. The molecule has 0 aliphatic rings. The molecule has 2 N–H and O–H groups in total. The number of methoxy groups -OCH3 is 1. The first-order valence-corrected chi connectivity index (χ1v) is 5.48. The quantitative estimate of drug-likeness (QED) is 0.887. The summed E-state index contributed by atoms with van der Waals surface area (Å²) in [5, 5.41) is 0.567. The number of benzene rings is 1. The van der Waals surface area contributed by atoms with E-state index in [1.807, 2.05) is 0 Å². The summed E-state index contributed by atoms with van der Waals surface area (Å²) < 4.78 is 10.7. The molecule has 88 valence electrons. The lowest BCUT2D eigenvalue weighted by molar-refractivity contribution is 0.323. The number of rotatable bonds is 5. The molecule has 0 saturated carbocycles. The van der Waals surface area contributed by atoms with E-state index >= 15 is 0 Å². The van der Waals surface area contributed by atoms with Crippen molar-refractivity contribution in [3.63, 3.8) is 0 Å². The molecule has 0 unspecified atom stereocenters. The van der Waals surface area contributed by atoms with Crippen molar-refractivity contribution in [2.24, 2.45) is 5.73 Å². The Morgan fingerprint density at radius 2 is 2.19 bits per heavy atom. The van der Waals surface area contributed by atoms with Gasteiger partial charge in [-0.1, -0.05) is 23.2 Å². The highest BCUT2D eigenvalue weighted by Crippen LogP contribution is 2.34. The Hall–Kier alpha value is -0.900. The monoisotopic (exact) mass is 261 g/mol. The average molecular weight is 262 g/mol. The SMILES string of the molecule is COc1cc(Cl)cc(CN)c1OC/C=C/Cl. The molecule has 3 nitrogen and oxygen atoms in total. The zero-order valence-corrected chi connectivity index (χ0v) is 10.4. The summed E-state index contributed by atoms with van der Waals surface area (Å²) in [6.07, 6.45) is 1.68. The second-order valence-corrected chi connectivity index (χ2v) is 3.66. The minimum atomic E-state index is 0.330. The maximum absolute atomic E-state index is 5.91. The van der Waals surface area contributed by atoms with Gasteiger partial charge in [-0.15, -0.1) is 0 Å². The van der Waals surface area contributed by atoms with Gasteiger partial charge in [0.1, 0.15) is 6.61 Å². The lowest BCUT2D eigenvalue weighted by atomic mass is 10.2. The van der Waals surface area contributed by atoms with Gasteiger partial charge in [-0.05, 0) is 12.1 Å². The van der Waals surface area contributed by atoms with Crippen molar-refractivity contribution in [3.8, 4) is 11.5 Å². The maximum Gasteiger partial charge on any atom is 0.166 e. The lowest BCUT2D eigenvalue weighted by Crippen LogP contribution is -2.04. The Morgan fingerprint density at radius 3 is 2.75 bits per heavy atom. The van der Waals surface area contributed by atoms with Crippen molar-refractivity contribution < 1.29 is 9.47 Å². The Kier molecular flexibility index (Phi) is 5.46. The first-order valence-electron chi connectivity index (χ1n) is 4.67. The first-order chi connectivity index (χ1) is 7.72. The van der Waals surface area contributed by atoms with Crippen LogP contribution in [0.3, 0.4) is 0 Å². The highest BCUT2D eigenvalue weighted by molar-refractivity contribution is 6.30. The van der Waals surface area contributed by atoms with E-state index in [1.54, 1.807) is 25.3 Å². The van der Waals surface area contributed by atoms with Crippen LogP contribution in [0.5, 0.6) is 11.5 Å². The standard InChI is InChI=1S/C11H13Cl2NO2/c1-15-10-6-9(13)5-8(7-14)11(10)16-4-2-3-12/h2-3,5-6H,4,7,14H2,1H3/b3-2+. The third-order valence-electron chi connectivity index (χ3n) is 1.95. The van der Waals surface area contributed by atoms with E-state index < -0.39 is 0 Å². The van der Waals surface area contributed by atoms with Crippen LogP contribution in [0, 0.1) is 0 Å². The van der Waals surface area contributed by atoms with Crippen LogP contribution < -0.4 is 15.2 Å². The molecule has 1 aromatic carbocycles. The molecule has 16 heavy (non-hydrogen) atoms. The minimum Gasteiger partial charge on any atom is -0.493 e. The van der Waals surface area contributed by atoms with Gasteiger partial charge in [0.05, 0.1) is 7.11 Å². The van der Waals surface area contributed by atoms with E-state index in [4.69, 9.17) is 38.4 Å². The number of hydrogen-bond acceptors (Lipinski definition) is 3. The molecule has 1 aromatic rings. The van der Waals surface area contributed by atoms with E-state index in [0.717, 1.165) is 5.56 Å². The fourth-order valence-electron chi connectivity index (χ4n) is 1.26. The second-order valence-electron chi connectivity index (χ2n) is 2.97. The van der Waals surface area contributed by atoms with Crippen LogP contribution in [0.4, 0.5) is 0 Å². The van der Waals surface area contributed by atoms with Crippen LogP contribution in [0.2, 0.25) is 5.02 Å². The molecule has 0 aromatic heterocycles. The summed E-state index contributed by atoms with van der Waals surface area (Å²) in [5.41, 5.74) is 7.80. The molecule has 0 amide bonds. The van der Waals surface area contributed by atoms with Crippen molar-refractivity contribution in [2.45, 2.75) is 6.54 Å². The van der Waals surface area contributed by atoms with Crippen molar-refractivity contribution in [1.82, 2.24) is 0 Å². The van der Waals surface area contributed by atoms with E-state index in [0.29, 0.717) is 29.7 Å². The van der Waals surface area contributed by atoms with Gasteiger partial charge in [0, 0.05) is 28.7 Å². The largest absolute Gasteiger partial charge is 0.493 e. The summed E-state index contributed by atoms with van der Waals surface area (Å²) in [7, 11) is 1.55. The van der Waals surface area contributed by atoms with Gasteiger partial charge in [-0.3, -0.25) is 0 Å². The molecular weight excluding hydrogens is 249 g/mol. The van der Waals surface area contributed by atoms with Gasteiger partial charge in [0.15, 0.2) is 11.5 Å². The molecule has 0 spiro atoms. The Morgan fingerprint density at radius 1 is 1.44 bits per heavy atom. The Labute approximate surface area is 105 Å². The van der Waals surface area contributed by atoms with Crippen LogP contribution in [-0.4, -0.2) is 13.7 Å². The molecule has 0 aliphatic heterocycles. The van der Waals surface area contributed by atoms with Crippen molar-refractivity contribution in [2.75, 3.05) is 13.7 Å². The molecule has 0 fully saturated rings. The number of nitrogens with two attached hydrogens (primary N) is 1. The van der Waals surface area contributed by atoms with Gasteiger partial charge < -0.3 is 15.2 Å². The van der Waals surface area contributed by atoms with E-state index in [1.165, 1.54) is 5.54 Å². The molecule has 5 heteroatoms. The summed E-state index contributed by atoms with van der Waals surface area (Å²) in [5.74, 6) is 1.17. The molecule has 0 heterocycles. The van der Waals surface area contributed by atoms with Gasteiger partial charge >= 0.3 is 0 Å². The summed E-state index contributed by atoms with van der Waals surface area (Å²) in [6.45, 7) is 0.686. The Bertz CT molecular complexity index is 355. The predicted octanol–water partition coefficient (Wildman–Crippen LogP) is 2.94. The number of hydrogen-bond donors (Lipinski definition) is 1. The van der Waals surface area contributed by atoms with Gasteiger partial charge in [-0.25, -0.2) is 0 Å². The zero-order chi connectivity index (χ0) is 12.0. The normalized spacial score (nSPS) is 10.8. The summed E-state index contributed by atoms with van der Waals surface area (Å²) in [4.78, 5) is 0. The topological polar surface area (TPSA) is 44.5 Å². The molecule has 0 saturated heterocycles. The fourth-order valence-corrected chi connectivity index (χ4v) is 1.56. The first kappa shape index (κ1) is 13.2. The fraction of sp³-hybridized carbons (Fsp3) is 0.273. The van der Waals surface area contributed by atoms with Gasteiger partial charge in [0.2, 0.25) is 0 Å². The maximum atomic E-state index is 5.91. The smallest absolute Gasteiger partial charge is 0.166 e. The highest BCUT2D eigenvalue weighted by Gasteiger charge is 2.11. The second kappa shape index (κ2) is 6.63. The molecule has 0 bridgehead atoms.